The van der Waals surface area contributed by atoms with E-state index in [1.165, 1.54) is 70.6 Å². The van der Waals surface area contributed by atoms with Gasteiger partial charge < -0.3 is 5.11 Å². The molecule has 0 amide bonds. The van der Waals surface area contributed by atoms with Gasteiger partial charge >= 0.3 is 0 Å². The van der Waals surface area contributed by atoms with Crippen LogP contribution >= 0.6 is 0 Å². The zero-order valence-electron chi connectivity index (χ0n) is 13.1. The first-order chi connectivity index (χ1) is 8.62. The first-order valence-corrected chi connectivity index (χ1v) is 8.34. The Bertz CT molecular complexity index is 163. The van der Waals surface area contributed by atoms with E-state index in [2.05, 4.69) is 13.8 Å². The van der Waals surface area contributed by atoms with Gasteiger partial charge in [-0.05, 0) is 19.8 Å². The average molecular weight is 256 g/mol. The van der Waals surface area contributed by atoms with Crippen LogP contribution in [-0.2, 0) is 0 Å². The molecule has 1 N–H and O–H groups in total. The quantitative estimate of drug-likeness (QED) is 0.410. The van der Waals surface area contributed by atoms with Crippen LogP contribution in [0.1, 0.15) is 104 Å². The predicted octanol–water partition coefficient (Wildman–Crippen LogP) is 5.85. The molecular formula is C17H36O. The van der Waals surface area contributed by atoms with E-state index in [0.29, 0.717) is 0 Å². The summed E-state index contributed by atoms with van der Waals surface area (Å²) in [5, 5.41) is 10.3. The molecule has 0 heterocycles. The molecule has 18 heavy (non-hydrogen) atoms. The third-order valence-corrected chi connectivity index (χ3v) is 3.89. The minimum atomic E-state index is -0.406. The highest BCUT2D eigenvalue weighted by Gasteiger charge is 2.18. The van der Waals surface area contributed by atoms with Crippen LogP contribution in [0.2, 0.25) is 0 Å². The van der Waals surface area contributed by atoms with Crippen molar-refractivity contribution < 1.29 is 5.11 Å². The Labute approximate surface area is 115 Å². The Hall–Kier alpha value is -0.0400. The highest BCUT2D eigenvalue weighted by atomic mass is 16.3. The van der Waals surface area contributed by atoms with Crippen molar-refractivity contribution in [2.45, 2.75) is 110 Å². The van der Waals surface area contributed by atoms with E-state index in [9.17, 15) is 5.11 Å². The van der Waals surface area contributed by atoms with Crippen LogP contribution in [0.4, 0.5) is 0 Å². The summed E-state index contributed by atoms with van der Waals surface area (Å²) in [5.74, 6) is 0. The Balaban J connectivity index is 3.37. The van der Waals surface area contributed by atoms with Gasteiger partial charge in [-0.15, -0.1) is 0 Å². The van der Waals surface area contributed by atoms with Gasteiger partial charge in [0.05, 0.1) is 5.60 Å². The molecule has 0 spiro atoms. The largest absolute Gasteiger partial charge is 0.390 e. The van der Waals surface area contributed by atoms with E-state index in [1.54, 1.807) is 0 Å². The second-order valence-corrected chi connectivity index (χ2v) is 6.18. The minimum Gasteiger partial charge on any atom is -0.390 e. The smallest absolute Gasteiger partial charge is 0.0619 e. The molecule has 1 heteroatoms. The molecule has 0 saturated carbocycles. The molecule has 0 aliphatic rings. The van der Waals surface area contributed by atoms with E-state index < -0.39 is 5.60 Å². The summed E-state index contributed by atoms with van der Waals surface area (Å²) >= 11 is 0. The first kappa shape index (κ1) is 18.0. The molecule has 1 unspecified atom stereocenters. The SMILES string of the molecule is CCCCCCCCC(C)(O)CCCCCCC. The molecule has 0 radical (unpaired) electrons. The van der Waals surface area contributed by atoms with Crippen LogP contribution in [-0.4, -0.2) is 10.7 Å². The molecule has 0 rings (SSSR count). The maximum Gasteiger partial charge on any atom is 0.0619 e. The Kier molecular flexibility index (Phi) is 12.0. The Morgan fingerprint density at radius 3 is 1.33 bits per heavy atom. The van der Waals surface area contributed by atoms with Crippen LogP contribution in [0.15, 0.2) is 0 Å². The van der Waals surface area contributed by atoms with Crippen molar-refractivity contribution in [3.8, 4) is 0 Å². The van der Waals surface area contributed by atoms with E-state index >= 15 is 0 Å². The zero-order valence-corrected chi connectivity index (χ0v) is 13.1. The second kappa shape index (κ2) is 12.0. The molecule has 0 saturated heterocycles. The summed E-state index contributed by atoms with van der Waals surface area (Å²) in [6.07, 6.45) is 16.4. The maximum atomic E-state index is 10.3. The van der Waals surface area contributed by atoms with Gasteiger partial charge in [-0.2, -0.15) is 0 Å². The van der Waals surface area contributed by atoms with Crippen molar-refractivity contribution in [2.75, 3.05) is 0 Å². The van der Waals surface area contributed by atoms with Crippen LogP contribution in [0.3, 0.4) is 0 Å². The normalized spacial score (nSPS) is 14.7. The predicted molar refractivity (Wildman–Crippen MR) is 82.0 cm³/mol. The van der Waals surface area contributed by atoms with Gasteiger partial charge in [0.15, 0.2) is 0 Å². The lowest BCUT2D eigenvalue weighted by molar-refractivity contribution is 0.0366. The molecule has 0 aliphatic carbocycles. The number of unbranched alkanes of at least 4 members (excludes halogenated alkanes) is 9. The molecule has 0 bridgehead atoms. The van der Waals surface area contributed by atoms with Crippen molar-refractivity contribution in [3.63, 3.8) is 0 Å². The molecule has 0 aromatic rings. The molecule has 0 aromatic carbocycles. The third-order valence-electron chi connectivity index (χ3n) is 3.89. The summed E-state index contributed by atoms with van der Waals surface area (Å²) in [6.45, 7) is 6.52. The fourth-order valence-electron chi connectivity index (χ4n) is 2.52. The van der Waals surface area contributed by atoms with Crippen LogP contribution in [0, 0.1) is 0 Å². The summed E-state index contributed by atoms with van der Waals surface area (Å²) in [6, 6.07) is 0. The van der Waals surface area contributed by atoms with Gasteiger partial charge in [-0.25, -0.2) is 0 Å². The summed E-state index contributed by atoms with van der Waals surface area (Å²) in [5.41, 5.74) is -0.406. The lowest BCUT2D eigenvalue weighted by atomic mass is 9.91. The van der Waals surface area contributed by atoms with E-state index in [-0.39, 0.29) is 0 Å². The Morgan fingerprint density at radius 2 is 0.944 bits per heavy atom. The van der Waals surface area contributed by atoms with Gasteiger partial charge in [0.2, 0.25) is 0 Å². The second-order valence-electron chi connectivity index (χ2n) is 6.18. The molecular weight excluding hydrogens is 220 g/mol. The van der Waals surface area contributed by atoms with E-state index in [0.717, 1.165) is 12.8 Å². The summed E-state index contributed by atoms with van der Waals surface area (Å²) in [7, 11) is 0. The number of rotatable bonds is 13. The van der Waals surface area contributed by atoms with Crippen LogP contribution in [0.25, 0.3) is 0 Å². The zero-order chi connectivity index (χ0) is 13.7. The van der Waals surface area contributed by atoms with Gasteiger partial charge in [0, 0.05) is 0 Å². The highest BCUT2D eigenvalue weighted by molar-refractivity contribution is 4.72. The fraction of sp³-hybridized carbons (Fsp3) is 1.00. The third kappa shape index (κ3) is 12.4. The average Bonchev–Trinajstić information content (AvgIpc) is 2.33. The fourth-order valence-corrected chi connectivity index (χ4v) is 2.52. The van der Waals surface area contributed by atoms with Crippen molar-refractivity contribution >= 4 is 0 Å². The molecule has 1 nitrogen and oxygen atoms in total. The minimum absolute atomic E-state index is 0.406. The van der Waals surface area contributed by atoms with Crippen LogP contribution < -0.4 is 0 Å². The first-order valence-electron chi connectivity index (χ1n) is 8.34. The van der Waals surface area contributed by atoms with Crippen molar-refractivity contribution in [2.24, 2.45) is 0 Å². The van der Waals surface area contributed by atoms with E-state index in [4.69, 9.17) is 0 Å². The summed E-state index contributed by atoms with van der Waals surface area (Å²) < 4.78 is 0. The van der Waals surface area contributed by atoms with Gasteiger partial charge in [-0.1, -0.05) is 84.5 Å². The Morgan fingerprint density at radius 1 is 0.611 bits per heavy atom. The van der Waals surface area contributed by atoms with E-state index in [1.807, 2.05) is 6.92 Å². The lowest BCUT2D eigenvalue weighted by Gasteiger charge is -2.23. The van der Waals surface area contributed by atoms with Crippen molar-refractivity contribution in [3.05, 3.63) is 0 Å². The molecule has 0 fully saturated rings. The highest BCUT2D eigenvalue weighted by Crippen LogP contribution is 2.22. The number of aliphatic hydroxyl groups is 1. The molecule has 0 aromatic heterocycles. The summed E-state index contributed by atoms with van der Waals surface area (Å²) in [4.78, 5) is 0. The topological polar surface area (TPSA) is 20.2 Å². The monoisotopic (exact) mass is 256 g/mol. The van der Waals surface area contributed by atoms with Gasteiger partial charge in [0.1, 0.15) is 0 Å². The number of hydrogen-bond donors (Lipinski definition) is 1. The maximum absolute atomic E-state index is 10.3. The molecule has 1 atom stereocenters. The van der Waals surface area contributed by atoms with Crippen LogP contribution in [0.5, 0.6) is 0 Å². The van der Waals surface area contributed by atoms with Gasteiger partial charge in [0.25, 0.3) is 0 Å². The van der Waals surface area contributed by atoms with Gasteiger partial charge in [-0.3, -0.25) is 0 Å². The number of hydrogen-bond acceptors (Lipinski definition) is 1. The molecule has 0 aliphatic heterocycles. The lowest BCUT2D eigenvalue weighted by Crippen LogP contribution is -2.23. The van der Waals surface area contributed by atoms with Crippen molar-refractivity contribution in [1.29, 1.82) is 0 Å². The standard InChI is InChI=1S/C17H36O/c1-4-6-8-10-12-14-16-17(3,18)15-13-11-9-7-5-2/h18H,4-16H2,1-3H3. The molecule has 110 valence electrons. The van der Waals surface area contributed by atoms with Crippen molar-refractivity contribution in [1.82, 2.24) is 0 Å².